The van der Waals surface area contributed by atoms with E-state index in [2.05, 4.69) is 58.3 Å². The van der Waals surface area contributed by atoms with E-state index in [0.717, 1.165) is 50.1 Å². The molecule has 0 aromatic carbocycles. The third kappa shape index (κ3) is 3.85. The number of nitrogens with one attached hydrogen (secondary N) is 3. The van der Waals surface area contributed by atoms with E-state index < -0.39 is 0 Å². The topological polar surface area (TPSA) is 112 Å². The summed E-state index contributed by atoms with van der Waals surface area (Å²) in [5.74, 6) is -0.175. The number of amides is 1. The van der Waals surface area contributed by atoms with Crippen LogP contribution in [0.1, 0.15) is 13.8 Å². The molecule has 6 heterocycles. The van der Waals surface area contributed by atoms with Gasteiger partial charge in [-0.05, 0) is 52.2 Å². The first-order chi connectivity index (χ1) is 17.1. The fourth-order valence-corrected chi connectivity index (χ4v) is 4.69. The fourth-order valence-electron chi connectivity index (χ4n) is 4.04. The maximum absolute atomic E-state index is 12.1. The molecule has 6 rings (SSSR count). The maximum atomic E-state index is 12.1. The van der Waals surface area contributed by atoms with E-state index in [1.165, 1.54) is 5.56 Å². The number of H-pyrrole nitrogens is 2. The summed E-state index contributed by atoms with van der Waals surface area (Å²) < 4.78 is 0. The van der Waals surface area contributed by atoms with Gasteiger partial charge >= 0.3 is 0 Å². The van der Waals surface area contributed by atoms with Gasteiger partial charge in [-0.15, -0.1) is 0 Å². The zero-order valence-electron chi connectivity index (χ0n) is 19.0. The summed E-state index contributed by atoms with van der Waals surface area (Å²) in [6.07, 6.45) is 6.95. The van der Waals surface area contributed by atoms with Gasteiger partial charge in [0.2, 0.25) is 5.91 Å². The molecule has 0 aliphatic carbocycles. The van der Waals surface area contributed by atoms with E-state index in [1.807, 2.05) is 38.2 Å². The Balaban J connectivity index is 1.41. The summed E-state index contributed by atoms with van der Waals surface area (Å²) >= 11 is 1.67. The Morgan fingerprint density at radius 1 is 1.03 bits per heavy atom. The second-order valence-electron chi connectivity index (χ2n) is 8.61. The molecule has 9 heteroatoms. The smallest absolute Gasteiger partial charge is 0.226 e. The quantitative estimate of drug-likeness (QED) is 0.286. The molecule has 8 nitrogen and oxygen atoms in total. The lowest BCUT2D eigenvalue weighted by Crippen LogP contribution is -2.17. The van der Waals surface area contributed by atoms with E-state index in [-0.39, 0.29) is 11.8 Å². The highest BCUT2D eigenvalue weighted by Gasteiger charge is 2.16. The summed E-state index contributed by atoms with van der Waals surface area (Å²) in [6.45, 7) is 3.71. The van der Waals surface area contributed by atoms with Crippen LogP contribution in [0.2, 0.25) is 0 Å². The molecule has 0 unspecified atom stereocenters. The molecule has 0 bridgehead atoms. The van der Waals surface area contributed by atoms with Crippen molar-refractivity contribution in [2.45, 2.75) is 13.8 Å². The SMILES string of the molecule is CC(C)C(=O)Nc1cncc(-c2cc3c(-c4cc5c(-c6ccsc6)ccnc5[nH]4)n[nH]c3cn2)c1. The second-order valence-corrected chi connectivity index (χ2v) is 9.39. The van der Waals surface area contributed by atoms with Crippen LogP contribution in [0.3, 0.4) is 0 Å². The molecule has 0 spiro atoms. The largest absolute Gasteiger partial charge is 0.338 e. The first kappa shape index (κ1) is 21.2. The number of carbonyl (C=O) groups is 1. The van der Waals surface area contributed by atoms with Crippen LogP contribution in [0.15, 0.2) is 65.9 Å². The monoisotopic (exact) mass is 479 g/mol. The molecule has 6 aromatic rings. The van der Waals surface area contributed by atoms with Crippen molar-refractivity contribution in [1.82, 2.24) is 30.1 Å². The molecule has 3 N–H and O–H groups in total. The van der Waals surface area contributed by atoms with Crippen LogP contribution in [0, 0.1) is 5.92 Å². The lowest BCUT2D eigenvalue weighted by molar-refractivity contribution is -0.118. The third-order valence-corrected chi connectivity index (χ3v) is 6.58. The van der Waals surface area contributed by atoms with Gasteiger partial charge in [-0.25, -0.2) is 4.98 Å². The predicted molar refractivity (Wildman–Crippen MR) is 139 cm³/mol. The van der Waals surface area contributed by atoms with Crippen molar-refractivity contribution in [3.63, 3.8) is 0 Å². The number of hydrogen-bond acceptors (Lipinski definition) is 6. The number of aromatic nitrogens is 6. The Hall–Kier alpha value is -4.37. The zero-order valence-corrected chi connectivity index (χ0v) is 19.9. The van der Waals surface area contributed by atoms with Crippen LogP contribution in [-0.4, -0.2) is 36.0 Å². The summed E-state index contributed by atoms with van der Waals surface area (Å²) in [6, 6.07) is 10.1. The highest BCUT2D eigenvalue weighted by molar-refractivity contribution is 7.08. The number of fused-ring (bicyclic) bond motifs is 2. The highest BCUT2D eigenvalue weighted by atomic mass is 32.1. The first-order valence-corrected chi connectivity index (χ1v) is 12.1. The standard InChI is InChI=1S/C26H21N7OS/c1-14(2)26(34)30-17-7-16(10-27-11-17)21-9-20-23(12-29-21)32-33-24(20)22-8-19-18(15-4-6-35-13-15)3-5-28-25(19)31-22/h3-14H,1-2H3,(H,28,31)(H,30,34)(H,32,33). The Morgan fingerprint density at radius 3 is 2.77 bits per heavy atom. The van der Waals surface area contributed by atoms with Crippen LogP contribution in [-0.2, 0) is 4.79 Å². The molecule has 35 heavy (non-hydrogen) atoms. The van der Waals surface area contributed by atoms with Crippen molar-refractivity contribution < 1.29 is 4.79 Å². The molecule has 0 atom stereocenters. The molecule has 0 saturated carbocycles. The van der Waals surface area contributed by atoms with Crippen molar-refractivity contribution in [3.05, 3.63) is 65.9 Å². The van der Waals surface area contributed by atoms with Crippen molar-refractivity contribution in [1.29, 1.82) is 0 Å². The third-order valence-electron chi connectivity index (χ3n) is 5.89. The summed E-state index contributed by atoms with van der Waals surface area (Å²) in [7, 11) is 0. The highest BCUT2D eigenvalue weighted by Crippen LogP contribution is 2.34. The number of anilines is 1. The molecule has 172 valence electrons. The zero-order chi connectivity index (χ0) is 23.9. The van der Waals surface area contributed by atoms with Crippen molar-refractivity contribution >= 4 is 44.9 Å². The Bertz CT molecular complexity index is 1680. The number of pyridine rings is 3. The number of thiophene rings is 1. The molecule has 0 saturated heterocycles. The van der Waals surface area contributed by atoms with Crippen molar-refractivity contribution in [2.75, 3.05) is 5.32 Å². The van der Waals surface area contributed by atoms with Gasteiger partial charge in [0.25, 0.3) is 0 Å². The van der Waals surface area contributed by atoms with Gasteiger partial charge in [0.1, 0.15) is 11.3 Å². The minimum atomic E-state index is -0.118. The van der Waals surface area contributed by atoms with Gasteiger partial charge in [0.05, 0.1) is 35.0 Å². The average molecular weight is 480 g/mol. The number of rotatable bonds is 5. The first-order valence-electron chi connectivity index (χ1n) is 11.2. The van der Waals surface area contributed by atoms with Gasteiger partial charge < -0.3 is 10.3 Å². The number of aromatic amines is 2. The van der Waals surface area contributed by atoms with Crippen molar-refractivity contribution in [2.24, 2.45) is 5.92 Å². The molecular formula is C26H21N7OS. The van der Waals surface area contributed by atoms with E-state index >= 15 is 0 Å². The Labute approximate surface area is 204 Å². The Morgan fingerprint density at radius 2 is 1.94 bits per heavy atom. The molecule has 0 radical (unpaired) electrons. The minimum Gasteiger partial charge on any atom is -0.338 e. The molecule has 0 fully saturated rings. The fraction of sp³-hybridized carbons (Fsp3) is 0.115. The second kappa shape index (κ2) is 8.44. The van der Waals surface area contributed by atoms with Crippen LogP contribution in [0.25, 0.3) is 55.7 Å². The van der Waals surface area contributed by atoms with Gasteiger partial charge in [-0.3, -0.25) is 19.9 Å². The van der Waals surface area contributed by atoms with Gasteiger partial charge in [0, 0.05) is 34.6 Å². The number of hydrogen-bond donors (Lipinski definition) is 3. The van der Waals surface area contributed by atoms with Crippen LogP contribution in [0.5, 0.6) is 0 Å². The van der Waals surface area contributed by atoms with Crippen LogP contribution < -0.4 is 5.32 Å². The molecule has 0 aliphatic rings. The lowest BCUT2D eigenvalue weighted by atomic mass is 10.1. The molecule has 1 amide bonds. The lowest BCUT2D eigenvalue weighted by Gasteiger charge is -2.08. The van der Waals surface area contributed by atoms with E-state index in [9.17, 15) is 4.79 Å². The van der Waals surface area contributed by atoms with Gasteiger partial charge in [0.15, 0.2) is 0 Å². The average Bonchev–Trinajstić information content (AvgIpc) is 3.62. The van der Waals surface area contributed by atoms with E-state index in [0.29, 0.717) is 5.69 Å². The predicted octanol–water partition coefficient (Wildman–Crippen LogP) is 5.89. The van der Waals surface area contributed by atoms with E-state index in [4.69, 9.17) is 0 Å². The van der Waals surface area contributed by atoms with E-state index in [1.54, 1.807) is 29.9 Å². The Kier molecular flexibility index (Phi) is 5.11. The maximum Gasteiger partial charge on any atom is 0.226 e. The summed E-state index contributed by atoms with van der Waals surface area (Å²) in [5.41, 5.74) is 7.77. The normalized spacial score (nSPS) is 11.5. The summed E-state index contributed by atoms with van der Waals surface area (Å²) in [5, 5.41) is 16.7. The van der Waals surface area contributed by atoms with Gasteiger partial charge in [-0.2, -0.15) is 16.4 Å². The molecule has 6 aromatic heterocycles. The van der Waals surface area contributed by atoms with Crippen LogP contribution >= 0.6 is 11.3 Å². The van der Waals surface area contributed by atoms with Crippen LogP contribution in [0.4, 0.5) is 5.69 Å². The van der Waals surface area contributed by atoms with Gasteiger partial charge in [-0.1, -0.05) is 13.8 Å². The van der Waals surface area contributed by atoms with Crippen molar-refractivity contribution in [3.8, 4) is 33.8 Å². The minimum absolute atomic E-state index is 0.0567. The summed E-state index contributed by atoms with van der Waals surface area (Å²) in [4.78, 5) is 28.9. The molecule has 0 aliphatic heterocycles. The molecular weight excluding hydrogens is 458 g/mol. The number of carbonyl (C=O) groups excluding carboxylic acids is 1. The number of nitrogens with zero attached hydrogens (tertiary/aromatic N) is 4.